The minimum atomic E-state index is -1.91. The lowest BCUT2D eigenvalue weighted by molar-refractivity contribution is -0.148. The zero-order chi connectivity index (χ0) is 23.9. The van der Waals surface area contributed by atoms with Crippen molar-refractivity contribution >= 4 is 0 Å². The molecule has 0 aliphatic carbocycles. The molecular formula is C24H34O8. The smallest absolute Gasteiger partial charge is 0.119 e. The summed E-state index contributed by atoms with van der Waals surface area (Å²) < 4.78 is 11.0. The first-order valence-corrected chi connectivity index (χ1v) is 10.7. The summed E-state index contributed by atoms with van der Waals surface area (Å²) in [4.78, 5) is 0. The Labute approximate surface area is 188 Å². The van der Waals surface area contributed by atoms with Crippen LogP contribution in [0.1, 0.15) is 31.9 Å². The SMILES string of the molecule is CCOc1ccc(C(C)(c2ccc(OCC)cc2)C(O)[C@@H](O)[C@@H](O)[C@H](O)[C@@H](O)CO)cc1. The molecule has 0 saturated heterocycles. The average Bonchev–Trinajstić information content (AvgIpc) is 2.82. The van der Waals surface area contributed by atoms with Gasteiger partial charge in [0.15, 0.2) is 0 Å². The minimum absolute atomic E-state index is 0.494. The van der Waals surface area contributed by atoms with Crippen LogP contribution in [0, 0.1) is 0 Å². The highest BCUT2D eigenvalue weighted by atomic mass is 16.5. The Bertz CT molecular complexity index is 758. The van der Waals surface area contributed by atoms with Crippen LogP contribution in [0.25, 0.3) is 0 Å². The molecule has 0 spiro atoms. The molecule has 0 aliphatic heterocycles. The zero-order valence-corrected chi connectivity index (χ0v) is 18.6. The second-order valence-electron chi connectivity index (χ2n) is 7.78. The van der Waals surface area contributed by atoms with Gasteiger partial charge in [-0.25, -0.2) is 0 Å². The van der Waals surface area contributed by atoms with E-state index >= 15 is 0 Å². The van der Waals surface area contributed by atoms with E-state index in [4.69, 9.17) is 14.6 Å². The highest BCUT2D eigenvalue weighted by molar-refractivity contribution is 5.44. The van der Waals surface area contributed by atoms with E-state index in [0.29, 0.717) is 35.8 Å². The molecule has 0 heterocycles. The van der Waals surface area contributed by atoms with Gasteiger partial charge in [0.25, 0.3) is 0 Å². The standard InChI is InChI=1S/C24H34O8/c1-4-31-17-10-6-15(7-11-17)24(3,16-8-12-18(13-9-16)32-5-2)23(30)22(29)21(28)20(27)19(26)14-25/h6-13,19-23,25-30H,4-5,14H2,1-3H3/t19-,20+,21-,22-,23?/m0/s1. The van der Waals surface area contributed by atoms with Crippen molar-refractivity contribution in [2.45, 2.75) is 56.7 Å². The van der Waals surface area contributed by atoms with Gasteiger partial charge in [-0.1, -0.05) is 24.3 Å². The van der Waals surface area contributed by atoms with Crippen molar-refractivity contribution in [3.63, 3.8) is 0 Å². The third-order valence-corrected chi connectivity index (χ3v) is 5.73. The Hall–Kier alpha value is -2.20. The first kappa shape index (κ1) is 26.1. The molecular weight excluding hydrogens is 416 g/mol. The maximum Gasteiger partial charge on any atom is 0.119 e. The van der Waals surface area contributed by atoms with Crippen molar-refractivity contribution in [2.24, 2.45) is 0 Å². The van der Waals surface area contributed by atoms with Crippen LogP contribution < -0.4 is 9.47 Å². The highest BCUT2D eigenvalue weighted by Crippen LogP contribution is 2.39. The molecule has 2 rings (SSSR count). The summed E-state index contributed by atoms with van der Waals surface area (Å²) in [6.07, 6.45) is -8.86. The fourth-order valence-electron chi connectivity index (χ4n) is 3.70. The van der Waals surface area contributed by atoms with Gasteiger partial charge in [-0.05, 0) is 56.2 Å². The Balaban J connectivity index is 2.49. The summed E-state index contributed by atoms with van der Waals surface area (Å²) >= 11 is 0. The van der Waals surface area contributed by atoms with Crippen molar-refractivity contribution in [1.29, 1.82) is 0 Å². The maximum atomic E-state index is 11.2. The molecule has 5 atom stereocenters. The summed E-state index contributed by atoms with van der Waals surface area (Å²) in [6, 6.07) is 14.0. The molecule has 2 aromatic carbocycles. The fourth-order valence-corrected chi connectivity index (χ4v) is 3.70. The van der Waals surface area contributed by atoms with Crippen LogP contribution in [-0.2, 0) is 5.41 Å². The molecule has 2 aromatic rings. The van der Waals surface area contributed by atoms with Crippen LogP contribution >= 0.6 is 0 Å². The second kappa shape index (κ2) is 11.6. The second-order valence-corrected chi connectivity index (χ2v) is 7.78. The monoisotopic (exact) mass is 450 g/mol. The van der Waals surface area contributed by atoms with Crippen molar-refractivity contribution in [3.8, 4) is 11.5 Å². The van der Waals surface area contributed by atoms with E-state index in [1.165, 1.54) is 0 Å². The van der Waals surface area contributed by atoms with E-state index in [9.17, 15) is 25.5 Å². The van der Waals surface area contributed by atoms with Crippen LogP contribution in [0.2, 0.25) is 0 Å². The number of benzene rings is 2. The normalized spacial score (nSPS) is 16.7. The molecule has 178 valence electrons. The first-order valence-electron chi connectivity index (χ1n) is 10.7. The van der Waals surface area contributed by atoms with Gasteiger partial charge in [-0.2, -0.15) is 0 Å². The van der Waals surface area contributed by atoms with E-state index < -0.39 is 42.5 Å². The molecule has 8 heteroatoms. The van der Waals surface area contributed by atoms with E-state index in [2.05, 4.69) is 0 Å². The fraction of sp³-hybridized carbons (Fsp3) is 0.500. The molecule has 0 aliphatic rings. The third kappa shape index (κ3) is 5.58. The quantitative estimate of drug-likeness (QED) is 0.276. The molecule has 0 radical (unpaired) electrons. The average molecular weight is 451 g/mol. The van der Waals surface area contributed by atoms with E-state index in [0.717, 1.165) is 0 Å². The van der Waals surface area contributed by atoms with Crippen molar-refractivity contribution in [1.82, 2.24) is 0 Å². The summed E-state index contributed by atoms with van der Waals surface area (Å²) in [6.45, 7) is 5.61. The molecule has 6 N–H and O–H groups in total. The Morgan fingerprint density at radius 1 is 0.688 bits per heavy atom. The molecule has 0 amide bonds. The number of rotatable bonds is 12. The van der Waals surface area contributed by atoms with Gasteiger partial charge < -0.3 is 40.1 Å². The largest absolute Gasteiger partial charge is 0.494 e. The zero-order valence-electron chi connectivity index (χ0n) is 18.6. The number of aliphatic hydroxyl groups excluding tert-OH is 6. The molecule has 0 bridgehead atoms. The topological polar surface area (TPSA) is 140 Å². The summed E-state index contributed by atoms with van der Waals surface area (Å²) in [5.74, 6) is 1.28. The molecule has 0 aromatic heterocycles. The van der Waals surface area contributed by atoms with Gasteiger partial charge in [-0.3, -0.25) is 0 Å². The Morgan fingerprint density at radius 2 is 1.09 bits per heavy atom. The van der Waals surface area contributed by atoms with Gasteiger partial charge in [0.05, 0.1) is 25.9 Å². The van der Waals surface area contributed by atoms with Crippen molar-refractivity contribution < 1.29 is 40.1 Å². The van der Waals surface area contributed by atoms with Gasteiger partial charge in [-0.15, -0.1) is 0 Å². The van der Waals surface area contributed by atoms with Crippen molar-refractivity contribution in [2.75, 3.05) is 19.8 Å². The summed E-state index contributed by atoms with van der Waals surface area (Å²) in [5, 5.41) is 61.1. The number of aliphatic hydroxyl groups is 6. The van der Waals surface area contributed by atoms with Crippen LogP contribution in [0.15, 0.2) is 48.5 Å². The predicted octanol–water partition coefficient (Wildman–Crippen LogP) is 0.587. The number of ether oxygens (including phenoxy) is 2. The third-order valence-electron chi connectivity index (χ3n) is 5.73. The summed E-state index contributed by atoms with van der Waals surface area (Å²) in [5.41, 5.74) is 0.0295. The van der Waals surface area contributed by atoms with Gasteiger partial charge in [0.2, 0.25) is 0 Å². The first-order chi connectivity index (χ1) is 15.2. The Kier molecular flexibility index (Phi) is 9.45. The van der Waals surface area contributed by atoms with Gasteiger partial charge in [0, 0.05) is 5.41 Å². The van der Waals surface area contributed by atoms with E-state index in [-0.39, 0.29) is 0 Å². The van der Waals surface area contributed by atoms with Crippen LogP contribution in [-0.4, -0.2) is 81.0 Å². The number of hydrogen-bond donors (Lipinski definition) is 6. The molecule has 0 saturated carbocycles. The molecule has 0 fully saturated rings. The molecule has 1 unspecified atom stereocenters. The Morgan fingerprint density at radius 3 is 1.44 bits per heavy atom. The van der Waals surface area contributed by atoms with Gasteiger partial charge in [0.1, 0.15) is 35.9 Å². The van der Waals surface area contributed by atoms with Crippen molar-refractivity contribution in [3.05, 3.63) is 59.7 Å². The lowest BCUT2D eigenvalue weighted by atomic mass is 9.69. The minimum Gasteiger partial charge on any atom is -0.494 e. The van der Waals surface area contributed by atoms with E-state index in [1.807, 2.05) is 13.8 Å². The molecule has 32 heavy (non-hydrogen) atoms. The van der Waals surface area contributed by atoms with E-state index in [1.54, 1.807) is 55.5 Å². The van der Waals surface area contributed by atoms with Gasteiger partial charge >= 0.3 is 0 Å². The predicted molar refractivity (Wildman–Crippen MR) is 119 cm³/mol. The highest BCUT2D eigenvalue weighted by Gasteiger charge is 2.45. The van der Waals surface area contributed by atoms with Crippen LogP contribution in [0.5, 0.6) is 11.5 Å². The lowest BCUT2D eigenvalue weighted by Crippen LogP contribution is -2.55. The van der Waals surface area contributed by atoms with Crippen LogP contribution in [0.3, 0.4) is 0 Å². The lowest BCUT2D eigenvalue weighted by Gasteiger charge is -2.40. The van der Waals surface area contributed by atoms with Crippen LogP contribution in [0.4, 0.5) is 0 Å². The summed E-state index contributed by atoms with van der Waals surface area (Å²) in [7, 11) is 0. The number of hydrogen-bond acceptors (Lipinski definition) is 8. The molecule has 8 nitrogen and oxygen atoms in total. The maximum absolute atomic E-state index is 11.2.